The van der Waals surface area contributed by atoms with E-state index < -0.39 is 0 Å². The average Bonchev–Trinajstić information content (AvgIpc) is 2.85. The smallest absolute Gasteiger partial charge is 0.0417 e. The van der Waals surface area contributed by atoms with Gasteiger partial charge in [-0.3, -0.25) is 4.90 Å². The van der Waals surface area contributed by atoms with Crippen LogP contribution in [-0.2, 0) is 0 Å². The molecule has 1 N–H and O–H groups in total. The first-order valence-electron chi connectivity index (χ1n) is 6.60. The maximum Gasteiger partial charge on any atom is 0.0417 e. The summed E-state index contributed by atoms with van der Waals surface area (Å²) in [5.41, 5.74) is 0.276. The molecule has 1 aromatic heterocycles. The fraction of sp³-hybridized carbons (Fsp3) is 0.714. The minimum absolute atomic E-state index is 0.276. The SMILES string of the molecule is CCC1(C)CN(C(C)c2cccs2)C(C)CN1. The van der Waals surface area contributed by atoms with Gasteiger partial charge in [0.15, 0.2) is 0 Å². The lowest BCUT2D eigenvalue weighted by Gasteiger charge is -2.47. The van der Waals surface area contributed by atoms with Gasteiger partial charge in [-0.2, -0.15) is 0 Å². The van der Waals surface area contributed by atoms with Gasteiger partial charge in [0.05, 0.1) is 0 Å². The summed E-state index contributed by atoms with van der Waals surface area (Å²) in [5, 5.41) is 5.87. The molecule has 0 bridgehead atoms. The Hall–Kier alpha value is -0.380. The zero-order chi connectivity index (χ0) is 12.5. The first kappa shape index (κ1) is 13.1. The molecule has 1 saturated heterocycles. The highest BCUT2D eigenvalue weighted by Gasteiger charge is 2.35. The second kappa shape index (κ2) is 5.09. The Balaban J connectivity index is 2.13. The topological polar surface area (TPSA) is 15.3 Å². The van der Waals surface area contributed by atoms with Crippen molar-refractivity contribution in [2.24, 2.45) is 0 Å². The van der Waals surface area contributed by atoms with Crippen LogP contribution >= 0.6 is 11.3 Å². The second-order valence-electron chi connectivity index (χ2n) is 5.51. The van der Waals surface area contributed by atoms with Crippen molar-refractivity contribution >= 4 is 11.3 Å². The van der Waals surface area contributed by atoms with E-state index in [1.54, 1.807) is 0 Å². The highest BCUT2D eigenvalue weighted by molar-refractivity contribution is 7.10. The molecular weight excluding hydrogens is 228 g/mol. The Labute approximate surface area is 109 Å². The van der Waals surface area contributed by atoms with Gasteiger partial charge in [-0.1, -0.05) is 13.0 Å². The van der Waals surface area contributed by atoms with Crippen molar-refractivity contribution in [2.45, 2.75) is 51.7 Å². The fourth-order valence-corrected chi connectivity index (χ4v) is 3.38. The van der Waals surface area contributed by atoms with Crippen LogP contribution in [0.3, 0.4) is 0 Å². The van der Waals surface area contributed by atoms with Gasteiger partial charge in [-0.05, 0) is 38.6 Å². The molecule has 0 spiro atoms. The molecule has 0 radical (unpaired) electrons. The van der Waals surface area contributed by atoms with Gasteiger partial charge in [-0.25, -0.2) is 0 Å². The maximum absolute atomic E-state index is 3.69. The van der Waals surface area contributed by atoms with Crippen LogP contribution < -0.4 is 5.32 Å². The fourth-order valence-electron chi connectivity index (χ4n) is 2.57. The van der Waals surface area contributed by atoms with Gasteiger partial charge >= 0.3 is 0 Å². The first-order valence-corrected chi connectivity index (χ1v) is 7.48. The van der Waals surface area contributed by atoms with Crippen LogP contribution in [-0.4, -0.2) is 29.6 Å². The molecule has 1 fully saturated rings. The van der Waals surface area contributed by atoms with Crippen LogP contribution in [0.5, 0.6) is 0 Å². The number of hydrogen-bond acceptors (Lipinski definition) is 3. The Bertz CT molecular complexity index is 349. The van der Waals surface area contributed by atoms with Crippen LogP contribution in [0.1, 0.15) is 45.0 Å². The molecule has 3 unspecified atom stereocenters. The highest BCUT2D eigenvalue weighted by atomic mass is 32.1. The quantitative estimate of drug-likeness (QED) is 0.888. The number of rotatable bonds is 3. The lowest BCUT2D eigenvalue weighted by Crippen LogP contribution is -2.62. The molecule has 0 aromatic carbocycles. The highest BCUT2D eigenvalue weighted by Crippen LogP contribution is 2.30. The van der Waals surface area contributed by atoms with E-state index in [1.807, 2.05) is 11.3 Å². The number of thiophene rings is 1. The number of nitrogens with zero attached hydrogens (tertiary/aromatic N) is 1. The maximum atomic E-state index is 3.69. The monoisotopic (exact) mass is 252 g/mol. The van der Waals surface area contributed by atoms with Crippen molar-refractivity contribution in [3.8, 4) is 0 Å². The number of nitrogens with one attached hydrogen (secondary N) is 1. The van der Waals surface area contributed by atoms with Crippen molar-refractivity contribution < 1.29 is 0 Å². The van der Waals surface area contributed by atoms with E-state index in [2.05, 4.69) is 55.4 Å². The molecular formula is C14H24N2S. The normalized spacial score (nSPS) is 32.6. The van der Waals surface area contributed by atoms with E-state index in [0.717, 1.165) is 13.1 Å². The number of piperazine rings is 1. The van der Waals surface area contributed by atoms with Crippen LogP contribution in [0.25, 0.3) is 0 Å². The summed E-state index contributed by atoms with van der Waals surface area (Å²) in [6, 6.07) is 5.57. The summed E-state index contributed by atoms with van der Waals surface area (Å²) in [6.07, 6.45) is 1.19. The Morgan fingerprint density at radius 1 is 1.65 bits per heavy atom. The van der Waals surface area contributed by atoms with E-state index in [1.165, 1.54) is 11.3 Å². The third-order valence-electron chi connectivity index (χ3n) is 4.15. The largest absolute Gasteiger partial charge is 0.309 e. The van der Waals surface area contributed by atoms with Gasteiger partial charge < -0.3 is 5.32 Å². The molecule has 2 rings (SSSR count). The molecule has 1 aliphatic rings. The van der Waals surface area contributed by atoms with Gasteiger partial charge in [0.2, 0.25) is 0 Å². The molecule has 0 amide bonds. The summed E-state index contributed by atoms with van der Waals surface area (Å²) < 4.78 is 0. The number of hydrogen-bond donors (Lipinski definition) is 1. The van der Waals surface area contributed by atoms with Gasteiger partial charge in [0.25, 0.3) is 0 Å². The van der Waals surface area contributed by atoms with E-state index in [-0.39, 0.29) is 5.54 Å². The molecule has 0 saturated carbocycles. The molecule has 2 heterocycles. The molecule has 2 nitrogen and oxygen atoms in total. The Morgan fingerprint density at radius 3 is 3.00 bits per heavy atom. The molecule has 1 aliphatic heterocycles. The third-order valence-corrected chi connectivity index (χ3v) is 5.20. The summed E-state index contributed by atoms with van der Waals surface area (Å²) in [4.78, 5) is 4.13. The summed E-state index contributed by atoms with van der Waals surface area (Å²) in [7, 11) is 0. The van der Waals surface area contributed by atoms with Gasteiger partial charge in [-0.15, -0.1) is 11.3 Å². The lowest BCUT2D eigenvalue weighted by molar-refractivity contribution is 0.0609. The van der Waals surface area contributed by atoms with E-state index >= 15 is 0 Å². The summed E-state index contributed by atoms with van der Waals surface area (Å²) in [6.45, 7) is 11.5. The average molecular weight is 252 g/mol. The van der Waals surface area contributed by atoms with E-state index in [0.29, 0.717) is 12.1 Å². The van der Waals surface area contributed by atoms with Crippen LogP contribution in [0.15, 0.2) is 17.5 Å². The van der Waals surface area contributed by atoms with Crippen molar-refractivity contribution in [1.82, 2.24) is 10.2 Å². The lowest BCUT2D eigenvalue weighted by atomic mass is 9.92. The molecule has 3 atom stereocenters. The summed E-state index contributed by atoms with van der Waals surface area (Å²) in [5.74, 6) is 0. The van der Waals surface area contributed by atoms with Crippen molar-refractivity contribution in [3.63, 3.8) is 0 Å². The van der Waals surface area contributed by atoms with Gasteiger partial charge in [0, 0.05) is 35.6 Å². The van der Waals surface area contributed by atoms with E-state index in [9.17, 15) is 0 Å². The van der Waals surface area contributed by atoms with Crippen molar-refractivity contribution in [3.05, 3.63) is 22.4 Å². The Kier molecular flexibility index (Phi) is 3.91. The molecule has 1 aromatic rings. The molecule has 0 aliphatic carbocycles. The molecule has 17 heavy (non-hydrogen) atoms. The zero-order valence-corrected chi connectivity index (χ0v) is 12.2. The van der Waals surface area contributed by atoms with E-state index in [4.69, 9.17) is 0 Å². The minimum atomic E-state index is 0.276. The zero-order valence-electron chi connectivity index (χ0n) is 11.4. The summed E-state index contributed by atoms with van der Waals surface area (Å²) >= 11 is 1.87. The standard InChI is InChI=1S/C14H24N2S/c1-5-14(4)10-16(11(2)9-15-14)12(3)13-7-6-8-17-13/h6-8,11-12,15H,5,9-10H2,1-4H3. The van der Waals surface area contributed by atoms with Crippen LogP contribution in [0, 0.1) is 0 Å². The predicted molar refractivity (Wildman–Crippen MR) is 75.6 cm³/mol. The first-order chi connectivity index (χ1) is 8.06. The van der Waals surface area contributed by atoms with Crippen LogP contribution in [0.4, 0.5) is 0 Å². The van der Waals surface area contributed by atoms with Crippen molar-refractivity contribution in [1.29, 1.82) is 0 Å². The second-order valence-corrected chi connectivity index (χ2v) is 6.49. The molecule has 3 heteroatoms. The van der Waals surface area contributed by atoms with Gasteiger partial charge in [0.1, 0.15) is 0 Å². The van der Waals surface area contributed by atoms with Crippen molar-refractivity contribution in [2.75, 3.05) is 13.1 Å². The third kappa shape index (κ3) is 2.72. The molecule has 96 valence electrons. The Morgan fingerprint density at radius 2 is 2.41 bits per heavy atom. The predicted octanol–water partition coefficient (Wildman–Crippen LogP) is 3.27. The van der Waals surface area contributed by atoms with Crippen LogP contribution in [0.2, 0.25) is 0 Å². The minimum Gasteiger partial charge on any atom is -0.309 e.